The number of hydrogen-bond donors (Lipinski definition) is 0. The molecule has 0 atom stereocenters. The number of imidazole rings is 1. The third-order valence-electron chi connectivity index (χ3n) is 1.86. The van der Waals surface area contributed by atoms with Crippen LogP contribution in [0.4, 0.5) is 0 Å². The fourth-order valence-corrected chi connectivity index (χ4v) is 1.38. The molecule has 0 spiro atoms. The van der Waals surface area contributed by atoms with Crippen LogP contribution in [0.2, 0.25) is 0 Å². The van der Waals surface area contributed by atoms with Crippen molar-refractivity contribution in [3.63, 3.8) is 0 Å². The Hall–Kier alpha value is -1.31. The van der Waals surface area contributed by atoms with E-state index in [-0.39, 0.29) is 0 Å². The Morgan fingerprint density at radius 3 is 2.91 bits per heavy atom. The van der Waals surface area contributed by atoms with Gasteiger partial charge in [-0.15, -0.1) is 0 Å². The minimum atomic E-state index is 1.17. The van der Waals surface area contributed by atoms with Crippen LogP contribution in [0.3, 0.4) is 0 Å². The summed E-state index contributed by atoms with van der Waals surface area (Å²) in [6.07, 6.45) is 3.71. The van der Waals surface area contributed by atoms with Crippen molar-refractivity contribution in [3.05, 3.63) is 35.9 Å². The van der Waals surface area contributed by atoms with Gasteiger partial charge in [0.2, 0.25) is 0 Å². The lowest BCUT2D eigenvalue weighted by molar-refractivity contribution is 1.07. The molecule has 0 aliphatic heterocycles. The molecule has 0 N–H and O–H groups in total. The van der Waals surface area contributed by atoms with E-state index in [0.29, 0.717) is 0 Å². The molecule has 0 aromatic carbocycles. The quantitative estimate of drug-likeness (QED) is 0.555. The predicted molar refractivity (Wildman–Crippen MR) is 44.7 cm³/mol. The Bertz CT molecular complexity index is 387. The second-order valence-electron chi connectivity index (χ2n) is 2.86. The van der Waals surface area contributed by atoms with Gasteiger partial charge in [-0.3, -0.25) is 0 Å². The van der Waals surface area contributed by atoms with E-state index < -0.39 is 0 Å². The van der Waals surface area contributed by atoms with Crippen molar-refractivity contribution < 1.29 is 0 Å². The van der Waals surface area contributed by atoms with E-state index in [1.54, 1.807) is 0 Å². The zero-order valence-electron chi connectivity index (χ0n) is 6.70. The number of fused-ring (bicyclic) bond motifs is 1. The number of aryl methyl sites for hydroxylation is 2. The average molecular weight is 146 g/mol. The third kappa shape index (κ3) is 0.909. The maximum atomic E-state index is 4.07. The van der Waals surface area contributed by atoms with Crippen molar-refractivity contribution in [1.82, 2.24) is 9.38 Å². The van der Waals surface area contributed by atoms with Gasteiger partial charge in [0.15, 0.2) is 0 Å². The van der Waals surface area contributed by atoms with Crippen LogP contribution >= 0.6 is 0 Å². The molecule has 0 amide bonds. The van der Waals surface area contributed by atoms with Crippen molar-refractivity contribution in [2.24, 2.45) is 0 Å². The summed E-state index contributed by atoms with van der Waals surface area (Å²) in [5.41, 5.74) is 3.69. The van der Waals surface area contributed by atoms with E-state index in [4.69, 9.17) is 0 Å². The molecule has 0 aliphatic carbocycles. The molecule has 2 heterocycles. The van der Waals surface area contributed by atoms with Gasteiger partial charge in [0, 0.05) is 5.69 Å². The van der Waals surface area contributed by atoms with Gasteiger partial charge < -0.3 is 4.40 Å². The lowest BCUT2D eigenvalue weighted by Crippen LogP contribution is -1.89. The number of aromatic nitrogens is 2. The molecule has 2 aromatic rings. The van der Waals surface area contributed by atoms with Gasteiger partial charge >= 0.3 is 0 Å². The molecule has 0 aliphatic rings. The van der Waals surface area contributed by atoms with Gasteiger partial charge in [0.25, 0.3) is 0 Å². The van der Waals surface area contributed by atoms with Gasteiger partial charge in [-0.2, -0.15) is 0 Å². The summed E-state index contributed by atoms with van der Waals surface area (Å²) in [5, 5.41) is 0. The lowest BCUT2D eigenvalue weighted by Gasteiger charge is -2.00. The second-order valence-corrected chi connectivity index (χ2v) is 2.86. The van der Waals surface area contributed by atoms with Gasteiger partial charge in [-0.1, -0.05) is 0 Å². The molecule has 2 rings (SSSR count). The molecule has 0 bridgehead atoms. The maximum absolute atomic E-state index is 4.07. The van der Waals surface area contributed by atoms with Crippen LogP contribution in [0, 0.1) is 13.8 Å². The predicted octanol–water partition coefficient (Wildman–Crippen LogP) is 1.95. The third-order valence-corrected chi connectivity index (χ3v) is 1.86. The van der Waals surface area contributed by atoms with Crippen molar-refractivity contribution in [2.75, 3.05) is 0 Å². The van der Waals surface area contributed by atoms with Crippen molar-refractivity contribution in [2.45, 2.75) is 13.8 Å². The summed E-state index contributed by atoms with van der Waals surface area (Å²) in [4.78, 5) is 4.07. The summed E-state index contributed by atoms with van der Waals surface area (Å²) in [6.45, 7) is 4.18. The zero-order valence-corrected chi connectivity index (χ0v) is 6.70. The first kappa shape index (κ1) is 6.40. The normalized spacial score (nSPS) is 10.7. The van der Waals surface area contributed by atoms with Gasteiger partial charge in [-0.05, 0) is 31.5 Å². The Kier molecular flexibility index (Phi) is 1.22. The fraction of sp³-hybridized carbons (Fsp3) is 0.222. The molecular weight excluding hydrogens is 136 g/mol. The number of nitrogens with zero attached hydrogens (tertiary/aromatic N) is 2. The first-order valence-electron chi connectivity index (χ1n) is 3.67. The van der Waals surface area contributed by atoms with E-state index >= 15 is 0 Å². The molecule has 0 unspecified atom stereocenters. The number of pyridine rings is 1. The highest BCUT2D eigenvalue weighted by Crippen LogP contribution is 2.09. The maximum Gasteiger partial charge on any atom is 0.0994 e. The van der Waals surface area contributed by atoms with E-state index in [1.807, 2.05) is 12.5 Å². The first-order valence-corrected chi connectivity index (χ1v) is 3.67. The standard InChI is InChI=1S/C9H10N2/c1-7-3-8(2)11-6-10-5-9(11)4-7/h3-6H,1-2H3. The van der Waals surface area contributed by atoms with Crippen LogP contribution in [-0.2, 0) is 0 Å². The molecule has 0 saturated carbocycles. The Labute approximate surface area is 65.5 Å². The van der Waals surface area contributed by atoms with Gasteiger partial charge in [0.1, 0.15) is 0 Å². The Balaban J connectivity index is 2.91. The van der Waals surface area contributed by atoms with Crippen LogP contribution in [0.1, 0.15) is 11.3 Å². The topological polar surface area (TPSA) is 17.3 Å². The Morgan fingerprint density at radius 1 is 1.27 bits per heavy atom. The molecule has 0 saturated heterocycles. The van der Waals surface area contributed by atoms with Gasteiger partial charge in [0.05, 0.1) is 18.0 Å². The highest BCUT2D eigenvalue weighted by atomic mass is 15.0. The summed E-state index contributed by atoms with van der Waals surface area (Å²) < 4.78 is 2.08. The zero-order chi connectivity index (χ0) is 7.84. The van der Waals surface area contributed by atoms with E-state index in [2.05, 4.69) is 35.4 Å². The van der Waals surface area contributed by atoms with Crippen molar-refractivity contribution >= 4 is 5.52 Å². The van der Waals surface area contributed by atoms with Crippen LogP contribution in [0.25, 0.3) is 5.52 Å². The van der Waals surface area contributed by atoms with Crippen molar-refractivity contribution in [1.29, 1.82) is 0 Å². The molecular formula is C9H10N2. The minimum Gasteiger partial charge on any atom is -0.304 e. The summed E-state index contributed by atoms with van der Waals surface area (Å²) in [7, 11) is 0. The molecule has 0 fully saturated rings. The van der Waals surface area contributed by atoms with Crippen LogP contribution in [0.15, 0.2) is 24.7 Å². The highest BCUT2D eigenvalue weighted by Gasteiger charge is 1.95. The van der Waals surface area contributed by atoms with Crippen LogP contribution in [-0.4, -0.2) is 9.38 Å². The van der Waals surface area contributed by atoms with Crippen molar-refractivity contribution in [3.8, 4) is 0 Å². The average Bonchev–Trinajstić information content (AvgIpc) is 2.34. The summed E-state index contributed by atoms with van der Waals surface area (Å²) >= 11 is 0. The molecule has 2 heteroatoms. The van der Waals surface area contributed by atoms with Gasteiger partial charge in [-0.25, -0.2) is 4.98 Å². The SMILES string of the molecule is Cc1cc(C)n2cncc2c1. The van der Waals surface area contributed by atoms with Crippen LogP contribution < -0.4 is 0 Å². The molecule has 11 heavy (non-hydrogen) atoms. The molecule has 2 aromatic heterocycles. The van der Waals surface area contributed by atoms with E-state index in [0.717, 1.165) is 0 Å². The molecule has 0 radical (unpaired) electrons. The number of rotatable bonds is 0. The monoisotopic (exact) mass is 146 g/mol. The first-order chi connectivity index (χ1) is 5.27. The van der Waals surface area contributed by atoms with Crippen LogP contribution in [0.5, 0.6) is 0 Å². The Morgan fingerprint density at radius 2 is 2.09 bits per heavy atom. The molecule has 2 nitrogen and oxygen atoms in total. The fourth-order valence-electron chi connectivity index (χ4n) is 1.38. The van der Waals surface area contributed by atoms with E-state index in [9.17, 15) is 0 Å². The largest absolute Gasteiger partial charge is 0.304 e. The minimum absolute atomic E-state index is 1.17. The lowest BCUT2D eigenvalue weighted by atomic mass is 10.2. The summed E-state index contributed by atoms with van der Waals surface area (Å²) in [5.74, 6) is 0. The molecule has 56 valence electrons. The second kappa shape index (κ2) is 2.09. The highest BCUT2D eigenvalue weighted by molar-refractivity contribution is 5.48. The smallest absolute Gasteiger partial charge is 0.0994 e. The van der Waals surface area contributed by atoms with E-state index in [1.165, 1.54) is 16.8 Å². The number of hydrogen-bond acceptors (Lipinski definition) is 1. The summed E-state index contributed by atoms with van der Waals surface area (Å²) in [6, 6.07) is 4.27.